The van der Waals surface area contributed by atoms with Gasteiger partial charge < -0.3 is 15.4 Å². The molecule has 1 aromatic heterocycles. The molecule has 2 aromatic rings. The van der Waals surface area contributed by atoms with Gasteiger partial charge in [0.05, 0.1) is 19.3 Å². The first-order valence-corrected chi connectivity index (χ1v) is 8.44. The molecule has 0 saturated carbocycles. The average Bonchev–Trinajstić information content (AvgIpc) is 2.63. The first-order valence-electron chi connectivity index (χ1n) is 8.44. The third kappa shape index (κ3) is 4.37. The van der Waals surface area contributed by atoms with Gasteiger partial charge >= 0.3 is 6.03 Å². The van der Waals surface area contributed by atoms with Gasteiger partial charge in [-0.3, -0.25) is 4.79 Å². The van der Waals surface area contributed by atoms with E-state index >= 15 is 0 Å². The number of aromatic nitrogens is 2. The van der Waals surface area contributed by atoms with E-state index in [1.54, 1.807) is 37.4 Å². The van der Waals surface area contributed by atoms with E-state index in [0.717, 1.165) is 42.7 Å². The molecule has 3 rings (SSSR count). The summed E-state index contributed by atoms with van der Waals surface area (Å²) in [4.78, 5) is 24.0. The van der Waals surface area contributed by atoms with Gasteiger partial charge in [0.1, 0.15) is 5.75 Å². The highest BCUT2D eigenvalue weighted by atomic mass is 16.5. The normalized spacial score (nSPS) is 13.0. The summed E-state index contributed by atoms with van der Waals surface area (Å²) < 4.78 is 6.50. The van der Waals surface area contributed by atoms with Crippen LogP contribution < -0.4 is 20.9 Å². The predicted octanol–water partition coefficient (Wildman–Crippen LogP) is 1.95. The lowest BCUT2D eigenvalue weighted by molar-refractivity contribution is 0.251. The summed E-state index contributed by atoms with van der Waals surface area (Å²) >= 11 is 0. The van der Waals surface area contributed by atoms with Crippen molar-refractivity contribution in [1.29, 1.82) is 0 Å². The highest BCUT2D eigenvalue weighted by Crippen LogP contribution is 2.17. The Morgan fingerprint density at radius 2 is 2.00 bits per heavy atom. The van der Waals surface area contributed by atoms with Crippen LogP contribution in [-0.4, -0.2) is 29.5 Å². The second-order valence-electron chi connectivity index (χ2n) is 5.99. The molecule has 2 amide bonds. The Kier molecular flexibility index (Phi) is 5.33. The molecule has 7 nitrogen and oxygen atoms in total. The van der Waals surface area contributed by atoms with Crippen LogP contribution in [0.1, 0.15) is 24.1 Å². The number of amides is 2. The minimum atomic E-state index is -0.323. The molecule has 0 fully saturated rings. The molecule has 0 spiro atoms. The minimum absolute atomic E-state index is 0.113. The lowest BCUT2D eigenvalue weighted by atomic mass is 9.97. The summed E-state index contributed by atoms with van der Waals surface area (Å²) in [6.07, 6.45) is 4.08. The van der Waals surface area contributed by atoms with Crippen LogP contribution in [0.15, 0.2) is 35.1 Å². The average molecular weight is 342 g/mol. The van der Waals surface area contributed by atoms with Crippen LogP contribution in [0.5, 0.6) is 5.75 Å². The number of nitrogens with zero attached hydrogens (tertiary/aromatic N) is 2. The van der Waals surface area contributed by atoms with Gasteiger partial charge in [0, 0.05) is 18.3 Å². The lowest BCUT2D eigenvalue weighted by Crippen LogP contribution is -2.35. The van der Waals surface area contributed by atoms with Crippen molar-refractivity contribution in [3.8, 4) is 5.75 Å². The Labute approximate surface area is 146 Å². The first-order chi connectivity index (χ1) is 12.2. The SMILES string of the molecule is COc1ccc(NC(=O)NCCn2nc3c(cc2=O)CCCC3)cc1. The van der Waals surface area contributed by atoms with Gasteiger partial charge in [-0.15, -0.1) is 0 Å². The van der Waals surface area contributed by atoms with Crippen molar-refractivity contribution in [2.24, 2.45) is 0 Å². The highest BCUT2D eigenvalue weighted by Gasteiger charge is 2.13. The quantitative estimate of drug-likeness (QED) is 0.870. The first kappa shape index (κ1) is 17.0. The zero-order valence-corrected chi connectivity index (χ0v) is 14.2. The van der Waals surface area contributed by atoms with Crippen molar-refractivity contribution in [1.82, 2.24) is 15.1 Å². The molecular formula is C18H22N4O3. The number of carbonyl (C=O) groups excluding carboxylic acids is 1. The summed E-state index contributed by atoms with van der Waals surface area (Å²) in [5.41, 5.74) is 2.63. The minimum Gasteiger partial charge on any atom is -0.497 e. The Morgan fingerprint density at radius 1 is 1.24 bits per heavy atom. The van der Waals surface area contributed by atoms with Crippen LogP contribution in [0.4, 0.5) is 10.5 Å². The summed E-state index contributed by atoms with van der Waals surface area (Å²) in [7, 11) is 1.59. The van der Waals surface area contributed by atoms with E-state index < -0.39 is 0 Å². The van der Waals surface area contributed by atoms with E-state index in [-0.39, 0.29) is 11.6 Å². The van der Waals surface area contributed by atoms with Crippen molar-refractivity contribution in [3.05, 3.63) is 51.9 Å². The van der Waals surface area contributed by atoms with E-state index in [1.807, 2.05) is 0 Å². The fourth-order valence-corrected chi connectivity index (χ4v) is 2.89. The van der Waals surface area contributed by atoms with Crippen LogP contribution in [0.3, 0.4) is 0 Å². The molecule has 0 radical (unpaired) electrons. The Balaban J connectivity index is 1.52. The van der Waals surface area contributed by atoms with Gasteiger partial charge in [-0.2, -0.15) is 5.10 Å². The smallest absolute Gasteiger partial charge is 0.319 e. The second kappa shape index (κ2) is 7.83. The number of fused-ring (bicyclic) bond motifs is 1. The Bertz CT molecular complexity index is 799. The van der Waals surface area contributed by atoms with Crippen LogP contribution >= 0.6 is 0 Å². The molecule has 132 valence electrons. The number of ether oxygens (including phenoxy) is 1. The zero-order chi connectivity index (χ0) is 17.6. The largest absolute Gasteiger partial charge is 0.497 e. The topological polar surface area (TPSA) is 85.2 Å². The van der Waals surface area contributed by atoms with Gasteiger partial charge in [-0.1, -0.05) is 0 Å². The van der Waals surface area contributed by atoms with Crippen molar-refractivity contribution in [2.45, 2.75) is 32.2 Å². The van der Waals surface area contributed by atoms with Crippen molar-refractivity contribution >= 4 is 11.7 Å². The molecule has 0 aliphatic heterocycles. The number of urea groups is 1. The molecule has 1 aliphatic carbocycles. The summed E-state index contributed by atoms with van der Waals surface area (Å²) in [5, 5.41) is 9.90. The predicted molar refractivity (Wildman–Crippen MR) is 95.2 cm³/mol. The number of hydrogen-bond donors (Lipinski definition) is 2. The highest BCUT2D eigenvalue weighted by molar-refractivity contribution is 5.89. The van der Waals surface area contributed by atoms with Crippen LogP contribution in [-0.2, 0) is 19.4 Å². The molecule has 7 heteroatoms. The standard InChI is InChI=1S/C18H22N4O3/c1-25-15-8-6-14(7-9-15)20-18(24)19-10-11-22-17(23)12-13-4-2-3-5-16(13)21-22/h6-9,12H,2-5,10-11H2,1H3,(H2,19,20,24). The molecule has 1 aliphatic rings. The molecule has 0 unspecified atom stereocenters. The van der Waals surface area contributed by atoms with Gasteiger partial charge in [0.25, 0.3) is 5.56 Å². The van der Waals surface area contributed by atoms with Gasteiger partial charge in [-0.25, -0.2) is 9.48 Å². The Hall–Kier alpha value is -2.83. The second-order valence-corrected chi connectivity index (χ2v) is 5.99. The van der Waals surface area contributed by atoms with Crippen LogP contribution in [0, 0.1) is 0 Å². The van der Waals surface area contributed by atoms with E-state index in [2.05, 4.69) is 15.7 Å². The fraction of sp³-hybridized carbons (Fsp3) is 0.389. The molecule has 0 saturated heterocycles. The molecule has 0 atom stereocenters. The summed E-state index contributed by atoms with van der Waals surface area (Å²) in [6.45, 7) is 0.676. The summed E-state index contributed by atoms with van der Waals surface area (Å²) in [5.74, 6) is 0.726. The number of aryl methyl sites for hydroxylation is 2. The van der Waals surface area contributed by atoms with Crippen molar-refractivity contribution in [3.63, 3.8) is 0 Å². The molecular weight excluding hydrogens is 320 g/mol. The maximum absolute atomic E-state index is 12.1. The third-order valence-corrected chi connectivity index (χ3v) is 4.23. The van der Waals surface area contributed by atoms with Crippen LogP contribution in [0.2, 0.25) is 0 Å². The molecule has 25 heavy (non-hydrogen) atoms. The number of benzene rings is 1. The monoisotopic (exact) mass is 342 g/mol. The van der Waals surface area contributed by atoms with Crippen molar-refractivity contribution in [2.75, 3.05) is 19.0 Å². The molecule has 2 N–H and O–H groups in total. The number of rotatable bonds is 5. The number of anilines is 1. The summed E-state index contributed by atoms with van der Waals surface area (Å²) in [6, 6.07) is 8.41. The molecule has 0 bridgehead atoms. The van der Waals surface area contributed by atoms with Gasteiger partial charge in [0.15, 0.2) is 0 Å². The van der Waals surface area contributed by atoms with E-state index in [1.165, 1.54) is 4.68 Å². The Morgan fingerprint density at radius 3 is 2.76 bits per heavy atom. The fourth-order valence-electron chi connectivity index (χ4n) is 2.89. The van der Waals surface area contributed by atoms with E-state index in [0.29, 0.717) is 18.8 Å². The zero-order valence-electron chi connectivity index (χ0n) is 14.2. The molecule has 1 aromatic carbocycles. The van der Waals surface area contributed by atoms with E-state index in [9.17, 15) is 9.59 Å². The number of carbonyl (C=O) groups is 1. The van der Waals surface area contributed by atoms with Crippen molar-refractivity contribution < 1.29 is 9.53 Å². The maximum atomic E-state index is 12.1. The van der Waals surface area contributed by atoms with Gasteiger partial charge in [-0.05, 0) is 55.5 Å². The maximum Gasteiger partial charge on any atom is 0.319 e. The number of hydrogen-bond acceptors (Lipinski definition) is 4. The third-order valence-electron chi connectivity index (χ3n) is 4.23. The lowest BCUT2D eigenvalue weighted by Gasteiger charge is -2.16. The number of methoxy groups -OCH3 is 1. The number of nitrogens with one attached hydrogen (secondary N) is 2. The molecule has 1 heterocycles. The van der Waals surface area contributed by atoms with Gasteiger partial charge in [0.2, 0.25) is 0 Å². The van der Waals surface area contributed by atoms with E-state index in [4.69, 9.17) is 4.74 Å². The van der Waals surface area contributed by atoms with Crippen LogP contribution in [0.25, 0.3) is 0 Å².